The molecule has 3 rings (SSSR count). The van der Waals surface area contributed by atoms with Crippen molar-refractivity contribution < 1.29 is 14.0 Å². The molecule has 1 heterocycles. The lowest BCUT2D eigenvalue weighted by Gasteiger charge is -2.18. The van der Waals surface area contributed by atoms with Crippen LogP contribution < -0.4 is 16.4 Å². The van der Waals surface area contributed by atoms with Gasteiger partial charge in [0.05, 0.1) is 22.9 Å². The maximum Gasteiger partial charge on any atom is 0.255 e. The van der Waals surface area contributed by atoms with E-state index in [9.17, 15) is 19.2 Å². The Morgan fingerprint density at radius 2 is 1.92 bits per heavy atom. The first-order chi connectivity index (χ1) is 17.4. The van der Waals surface area contributed by atoms with Crippen LogP contribution in [0, 0.1) is 17.1 Å². The number of nitrogens with two attached hydrogens (primary N) is 1. The quantitative estimate of drug-likeness (QED) is 0.381. The highest BCUT2D eigenvalue weighted by atomic mass is 19.1. The van der Waals surface area contributed by atoms with E-state index in [0.29, 0.717) is 47.7 Å². The third-order valence-corrected chi connectivity index (χ3v) is 5.58. The van der Waals surface area contributed by atoms with Crippen molar-refractivity contribution in [2.45, 2.75) is 12.8 Å². The van der Waals surface area contributed by atoms with E-state index >= 15 is 0 Å². The van der Waals surface area contributed by atoms with Gasteiger partial charge in [0.25, 0.3) is 5.91 Å². The van der Waals surface area contributed by atoms with Gasteiger partial charge in [-0.2, -0.15) is 5.26 Å². The fourth-order valence-corrected chi connectivity index (χ4v) is 3.62. The average Bonchev–Trinajstić information content (AvgIpc) is 2.88. The number of hydrogen-bond donors (Lipinski definition) is 3. The number of nitrogens with zero attached hydrogens (tertiary/aromatic N) is 3. The molecule has 8 nitrogen and oxygen atoms in total. The molecule has 3 aromatic rings. The Morgan fingerprint density at radius 3 is 2.67 bits per heavy atom. The minimum Gasteiger partial charge on any atom is -0.369 e. The first-order valence-electron chi connectivity index (χ1n) is 11.6. The van der Waals surface area contributed by atoms with Crippen LogP contribution in [0.5, 0.6) is 0 Å². The SMILES string of the molecule is CN(CCNC(=O)c1ccc(-c2ccccc2C#N)nc1NCCc1cccc(F)c1)C(=O)CCN. The summed E-state index contributed by atoms with van der Waals surface area (Å²) in [5.74, 6) is -0.401. The number of anilines is 1. The summed E-state index contributed by atoms with van der Waals surface area (Å²) >= 11 is 0. The molecular formula is C27H29FN6O2. The van der Waals surface area contributed by atoms with Crippen molar-refractivity contribution in [2.24, 2.45) is 5.73 Å². The summed E-state index contributed by atoms with van der Waals surface area (Å²) in [7, 11) is 1.66. The molecule has 186 valence electrons. The Bertz CT molecular complexity index is 1260. The number of aromatic nitrogens is 1. The second kappa shape index (κ2) is 13.0. The van der Waals surface area contributed by atoms with Crippen LogP contribution in [-0.4, -0.2) is 54.9 Å². The van der Waals surface area contributed by atoms with E-state index in [2.05, 4.69) is 21.7 Å². The zero-order valence-corrected chi connectivity index (χ0v) is 20.1. The molecule has 0 aliphatic carbocycles. The van der Waals surface area contributed by atoms with Gasteiger partial charge in [-0.25, -0.2) is 9.37 Å². The highest BCUT2D eigenvalue weighted by molar-refractivity contribution is 5.99. The molecular weight excluding hydrogens is 459 g/mol. The highest BCUT2D eigenvalue weighted by Gasteiger charge is 2.16. The van der Waals surface area contributed by atoms with Crippen LogP contribution in [0.25, 0.3) is 11.3 Å². The highest BCUT2D eigenvalue weighted by Crippen LogP contribution is 2.25. The molecule has 9 heteroatoms. The van der Waals surface area contributed by atoms with Crippen molar-refractivity contribution in [1.82, 2.24) is 15.2 Å². The molecule has 0 fully saturated rings. The van der Waals surface area contributed by atoms with Gasteiger partial charge in [0.2, 0.25) is 5.91 Å². The molecule has 0 atom stereocenters. The number of nitrogens with one attached hydrogen (secondary N) is 2. The van der Waals surface area contributed by atoms with Gasteiger partial charge in [-0.1, -0.05) is 30.3 Å². The van der Waals surface area contributed by atoms with Crippen LogP contribution >= 0.6 is 0 Å². The van der Waals surface area contributed by atoms with Gasteiger partial charge in [-0.15, -0.1) is 0 Å². The molecule has 0 spiro atoms. The first kappa shape index (κ1) is 26.3. The van der Waals surface area contributed by atoms with Crippen molar-refractivity contribution in [3.63, 3.8) is 0 Å². The predicted molar refractivity (Wildman–Crippen MR) is 137 cm³/mol. The number of carbonyl (C=O) groups excluding carboxylic acids is 2. The molecule has 0 saturated heterocycles. The van der Waals surface area contributed by atoms with Crippen LogP contribution in [0.15, 0.2) is 60.7 Å². The fraction of sp³-hybridized carbons (Fsp3) is 0.259. The van der Waals surface area contributed by atoms with Crippen molar-refractivity contribution >= 4 is 17.6 Å². The number of nitriles is 1. The Balaban J connectivity index is 1.78. The summed E-state index contributed by atoms with van der Waals surface area (Å²) in [6.07, 6.45) is 0.771. The van der Waals surface area contributed by atoms with Crippen LogP contribution in [0.2, 0.25) is 0 Å². The van der Waals surface area contributed by atoms with Gasteiger partial charge in [0.15, 0.2) is 0 Å². The molecule has 0 aliphatic rings. The van der Waals surface area contributed by atoms with Gasteiger partial charge < -0.3 is 21.3 Å². The second-order valence-corrected chi connectivity index (χ2v) is 8.17. The van der Waals surface area contributed by atoms with E-state index in [1.807, 2.05) is 12.1 Å². The number of amides is 2. The summed E-state index contributed by atoms with van der Waals surface area (Å²) in [4.78, 5) is 31.0. The lowest BCUT2D eigenvalue weighted by molar-refractivity contribution is -0.129. The molecule has 0 radical (unpaired) electrons. The smallest absolute Gasteiger partial charge is 0.255 e. The van der Waals surface area contributed by atoms with Crippen LogP contribution in [0.4, 0.5) is 10.2 Å². The third-order valence-electron chi connectivity index (χ3n) is 5.58. The number of rotatable bonds is 11. The van der Waals surface area contributed by atoms with Crippen LogP contribution in [0.1, 0.15) is 27.9 Å². The Kier molecular flexibility index (Phi) is 9.48. The van der Waals surface area contributed by atoms with E-state index in [4.69, 9.17) is 5.73 Å². The lowest BCUT2D eigenvalue weighted by Crippen LogP contribution is -2.37. The van der Waals surface area contributed by atoms with E-state index in [1.54, 1.807) is 43.4 Å². The van der Waals surface area contributed by atoms with Crippen molar-refractivity contribution in [2.75, 3.05) is 38.5 Å². The molecule has 1 aromatic heterocycles. The minimum absolute atomic E-state index is 0.0892. The van der Waals surface area contributed by atoms with E-state index in [0.717, 1.165) is 5.56 Å². The summed E-state index contributed by atoms with van der Waals surface area (Å²) in [6, 6.07) is 18.9. The number of carbonyl (C=O) groups is 2. The molecule has 0 saturated carbocycles. The van der Waals surface area contributed by atoms with Gasteiger partial charge in [-0.05, 0) is 42.3 Å². The number of benzene rings is 2. The molecule has 36 heavy (non-hydrogen) atoms. The second-order valence-electron chi connectivity index (χ2n) is 8.17. The van der Waals surface area contributed by atoms with Gasteiger partial charge in [0.1, 0.15) is 11.6 Å². The standard InChI is InChI=1S/C27H29FN6O2/c1-34(25(35)11-13-29)16-15-32-27(36)23-9-10-24(22-8-3-2-6-20(22)18-30)33-26(23)31-14-12-19-5-4-7-21(28)17-19/h2-10,17H,11-16,29H2,1H3,(H,31,33)(H,32,36). The zero-order valence-electron chi connectivity index (χ0n) is 20.1. The monoisotopic (exact) mass is 488 g/mol. The van der Waals surface area contributed by atoms with Gasteiger partial charge in [0, 0.05) is 45.2 Å². The lowest BCUT2D eigenvalue weighted by atomic mass is 10.0. The topological polar surface area (TPSA) is 124 Å². The van der Waals surface area contributed by atoms with Gasteiger partial charge in [-0.3, -0.25) is 9.59 Å². The predicted octanol–water partition coefficient (Wildman–Crippen LogP) is 2.95. The summed E-state index contributed by atoms with van der Waals surface area (Å²) < 4.78 is 13.5. The number of halogens is 1. The zero-order chi connectivity index (χ0) is 25.9. The van der Waals surface area contributed by atoms with Crippen LogP contribution in [-0.2, 0) is 11.2 Å². The van der Waals surface area contributed by atoms with E-state index < -0.39 is 0 Å². The minimum atomic E-state index is -0.351. The summed E-state index contributed by atoms with van der Waals surface area (Å²) in [5, 5.41) is 15.5. The number of pyridine rings is 1. The third kappa shape index (κ3) is 7.10. The van der Waals surface area contributed by atoms with Crippen LogP contribution in [0.3, 0.4) is 0 Å². The molecule has 0 unspecified atom stereocenters. The normalized spacial score (nSPS) is 10.4. The fourth-order valence-electron chi connectivity index (χ4n) is 3.62. The molecule has 0 bridgehead atoms. The Labute approximate surface area is 209 Å². The molecule has 2 amide bonds. The molecule has 0 aliphatic heterocycles. The number of hydrogen-bond acceptors (Lipinski definition) is 6. The summed E-state index contributed by atoms with van der Waals surface area (Å²) in [5.41, 5.74) is 8.23. The largest absolute Gasteiger partial charge is 0.369 e. The number of likely N-dealkylation sites (N-methyl/N-ethyl adjacent to an activating group) is 1. The Hall–Kier alpha value is -4.29. The van der Waals surface area contributed by atoms with E-state index in [1.165, 1.54) is 17.0 Å². The first-order valence-corrected chi connectivity index (χ1v) is 11.6. The van der Waals surface area contributed by atoms with Crippen molar-refractivity contribution in [3.8, 4) is 17.3 Å². The Morgan fingerprint density at radius 1 is 1.11 bits per heavy atom. The maximum absolute atomic E-state index is 13.5. The van der Waals surface area contributed by atoms with Gasteiger partial charge >= 0.3 is 0 Å². The van der Waals surface area contributed by atoms with Crippen molar-refractivity contribution in [1.29, 1.82) is 5.26 Å². The van der Waals surface area contributed by atoms with Crippen molar-refractivity contribution in [3.05, 3.63) is 83.2 Å². The van der Waals surface area contributed by atoms with E-state index in [-0.39, 0.29) is 37.1 Å². The molecule has 2 aromatic carbocycles. The average molecular weight is 489 g/mol. The summed E-state index contributed by atoms with van der Waals surface area (Å²) in [6.45, 7) is 1.28. The maximum atomic E-state index is 13.5. The molecule has 4 N–H and O–H groups in total.